The first-order chi connectivity index (χ1) is 16.5. The summed E-state index contributed by atoms with van der Waals surface area (Å²) < 4.78 is 40.3. The van der Waals surface area contributed by atoms with Crippen LogP contribution in [0.5, 0.6) is 0 Å². The molecule has 0 atom stereocenters. The van der Waals surface area contributed by atoms with Crippen molar-refractivity contribution in [2.24, 2.45) is 0 Å². The third-order valence-electron chi connectivity index (χ3n) is 5.25. The highest BCUT2D eigenvalue weighted by Crippen LogP contribution is 2.33. The maximum absolute atomic E-state index is 13.5. The summed E-state index contributed by atoms with van der Waals surface area (Å²) in [5.74, 6) is 0.107. The highest BCUT2D eigenvalue weighted by molar-refractivity contribution is 7.91. The number of aromatic nitrogens is 4. The number of fused-ring (bicyclic) bond motifs is 1. The lowest BCUT2D eigenvalue weighted by molar-refractivity contribution is 0.594. The molecule has 7 nitrogen and oxygen atoms in total. The minimum absolute atomic E-state index is 0.0244. The van der Waals surface area contributed by atoms with Crippen molar-refractivity contribution in [3.8, 4) is 22.6 Å². The average molecular weight is 494 g/mol. The van der Waals surface area contributed by atoms with Gasteiger partial charge in [-0.15, -0.1) is 11.3 Å². The minimum atomic E-state index is -3.33. The summed E-state index contributed by atoms with van der Waals surface area (Å²) in [6, 6.07) is 16.4. The van der Waals surface area contributed by atoms with E-state index in [1.165, 1.54) is 23.5 Å². The molecule has 34 heavy (non-hydrogen) atoms. The van der Waals surface area contributed by atoms with Crippen molar-refractivity contribution in [3.63, 3.8) is 0 Å². The van der Waals surface area contributed by atoms with Crippen molar-refractivity contribution in [1.82, 2.24) is 19.4 Å². The van der Waals surface area contributed by atoms with Gasteiger partial charge in [-0.3, -0.25) is 4.40 Å². The number of rotatable bonds is 8. The molecule has 172 valence electrons. The second-order valence-electron chi connectivity index (χ2n) is 7.55. The van der Waals surface area contributed by atoms with Gasteiger partial charge in [0.1, 0.15) is 11.5 Å². The van der Waals surface area contributed by atoms with Gasteiger partial charge in [0, 0.05) is 29.9 Å². The second kappa shape index (κ2) is 9.32. The van der Waals surface area contributed by atoms with Gasteiger partial charge in [0.05, 0.1) is 22.0 Å². The van der Waals surface area contributed by atoms with Crippen LogP contribution in [0.15, 0.2) is 83.3 Å². The number of imidazole rings is 1. The molecule has 2 aromatic carbocycles. The largest absolute Gasteiger partial charge is 0.354 e. The zero-order chi connectivity index (χ0) is 23.5. The maximum atomic E-state index is 13.5. The Morgan fingerprint density at radius 2 is 1.79 bits per heavy atom. The Morgan fingerprint density at radius 1 is 1.00 bits per heavy atom. The molecule has 0 radical (unpaired) electrons. The molecule has 0 aliphatic rings. The van der Waals surface area contributed by atoms with Gasteiger partial charge >= 0.3 is 0 Å². The van der Waals surface area contributed by atoms with Crippen LogP contribution >= 0.6 is 11.3 Å². The topological polar surface area (TPSA) is 89.2 Å². The first-order valence-electron chi connectivity index (χ1n) is 10.6. The number of sulfone groups is 1. The van der Waals surface area contributed by atoms with Crippen LogP contribution in [0.3, 0.4) is 0 Å². The molecule has 3 heterocycles. The van der Waals surface area contributed by atoms with Crippen molar-refractivity contribution in [2.75, 3.05) is 17.6 Å². The minimum Gasteiger partial charge on any atom is -0.354 e. The molecule has 0 aliphatic heterocycles. The van der Waals surface area contributed by atoms with E-state index >= 15 is 0 Å². The van der Waals surface area contributed by atoms with E-state index in [0.717, 1.165) is 16.2 Å². The summed E-state index contributed by atoms with van der Waals surface area (Å²) >= 11 is 1.50. The van der Waals surface area contributed by atoms with Gasteiger partial charge in [0.25, 0.3) is 0 Å². The van der Waals surface area contributed by atoms with E-state index < -0.39 is 9.84 Å². The quantitative estimate of drug-likeness (QED) is 0.308. The van der Waals surface area contributed by atoms with Crippen LogP contribution in [0.1, 0.15) is 6.42 Å². The molecule has 5 aromatic rings. The number of hydrogen-bond acceptors (Lipinski definition) is 7. The smallest absolute Gasteiger partial charge is 0.223 e. The molecular formula is C24H20FN5O2S2. The highest BCUT2D eigenvalue weighted by Gasteiger charge is 2.19. The van der Waals surface area contributed by atoms with Gasteiger partial charge in [-0.1, -0.05) is 18.2 Å². The first-order valence-corrected chi connectivity index (χ1v) is 13.1. The monoisotopic (exact) mass is 493 g/mol. The van der Waals surface area contributed by atoms with Crippen molar-refractivity contribution in [2.45, 2.75) is 11.3 Å². The van der Waals surface area contributed by atoms with Crippen molar-refractivity contribution < 1.29 is 12.8 Å². The Labute approximate surface area is 199 Å². The van der Waals surface area contributed by atoms with Crippen molar-refractivity contribution in [3.05, 3.63) is 84.3 Å². The summed E-state index contributed by atoms with van der Waals surface area (Å²) in [7, 11) is -3.33. The van der Waals surface area contributed by atoms with Gasteiger partial charge in [-0.05, 0) is 48.9 Å². The van der Waals surface area contributed by atoms with Gasteiger partial charge < -0.3 is 5.32 Å². The molecule has 0 spiro atoms. The lowest BCUT2D eigenvalue weighted by Gasteiger charge is -2.08. The van der Waals surface area contributed by atoms with Crippen LogP contribution < -0.4 is 5.32 Å². The van der Waals surface area contributed by atoms with E-state index in [1.54, 1.807) is 54.7 Å². The number of anilines is 1. The number of nitrogens with zero attached hydrogens (tertiary/aromatic N) is 4. The van der Waals surface area contributed by atoms with Gasteiger partial charge in [-0.25, -0.2) is 27.8 Å². The number of benzene rings is 2. The van der Waals surface area contributed by atoms with Crippen LogP contribution in [-0.4, -0.2) is 40.1 Å². The predicted molar refractivity (Wildman–Crippen MR) is 131 cm³/mol. The Kier molecular flexibility index (Phi) is 6.08. The SMILES string of the molecule is O=S(=O)(CCCNc1nccc(-c2c(-c3ccc(F)cc3)nc3sccn23)n1)c1ccccc1. The predicted octanol–water partition coefficient (Wildman–Crippen LogP) is 4.93. The van der Waals surface area contributed by atoms with E-state index in [1.807, 2.05) is 16.0 Å². The molecule has 0 bridgehead atoms. The van der Waals surface area contributed by atoms with E-state index in [2.05, 4.69) is 15.3 Å². The molecule has 5 rings (SSSR count). The van der Waals surface area contributed by atoms with E-state index in [9.17, 15) is 12.8 Å². The Balaban J connectivity index is 1.35. The fourth-order valence-electron chi connectivity index (χ4n) is 3.62. The van der Waals surface area contributed by atoms with Crippen LogP contribution in [0.25, 0.3) is 27.6 Å². The number of halogens is 1. The molecule has 0 saturated carbocycles. The Bertz CT molecular complexity index is 1530. The number of nitrogens with one attached hydrogen (secondary N) is 1. The molecule has 0 fully saturated rings. The van der Waals surface area contributed by atoms with Crippen LogP contribution in [0, 0.1) is 5.82 Å². The standard InChI is InChI=1S/C24H20FN5O2S2/c25-18-9-7-17(8-10-18)21-22(30-14-15-33-24(30)29-21)20-11-13-27-23(28-20)26-12-4-16-34(31,32)19-5-2-1-3-6-19/h1-3,5-11,13-15H,4,12,16H2,(H,26,27,28). The third-order valence-corrected chi connectivity index (χ3v) is 7.83. The summed E-state index contributed by atoms with van der Waals surface area (Å²) in [6.45, 7) is 0.403. The first kappa shape index (κ1) is 22.2. The van der Waals surface area contributed by atoms with Crippen molar-refractivity contribution in [1.29, 1.82) is 0 Å². The average Bonchev–Trinajstić information content (AvgIpc) is 3.45. The van der Waals surface area contributed by atoms with Crippen molar-refractivity contribution >= 4 is 32.1 Å². The lowest BCUT2D eigenvalue weighted by Crippen LogP contribution is -2.13. The molecular weight excluding hydrogens is 473 g/mol. The molecule has 0 amide bonds. The van der Waals surface area contributed by atoms with Gasteiger partial charge in [0.15, 0.2) is 14.8 Å². The van der Waals surface area contributed by atoms with E-state index in [4.69, 9.17) is 4.98 Å². The molecule has 1 N–H and O–H groups in total. The van der Waals surface area contributed by atoms with E-state index in [-0.39, 0.29) is 11.6 Å². The fourth-order valence-corrected chi connectivity index (χ4v) is 5.67. The Hall–Kier alpha value is -3.63. The molecule has 0 aliphatic carbocycles. The highest BCUT2D eigenvalue weighted by atomic mass is 32.2. The summed E-state index contributed by atoms with van der Waals surface area (Å²) in [6.07, 6.45) is 3.97. The molecule has 0 saturated heterocycles. The van der Waals surface area contributed by atoms with Crippen LogP contribution in [0.4, 0.5) is 10.3 Å². The molecule has 0 unspecified atom stereocenters. The Morgan fingerprint density at radius 3 is 2.59 bits per heavy atom. The number of hydrogen-bond donors (Lipinski definition) is 1. The fraction of sp³-hybridized carbons (Fsp3) is 0.125. The lowest BCUT2D eigenvalue weighted by atomic mass is 10.1. The third kappa shape index (κ3) is 4.55. The maximum Gasteiger partial charge on any atom is 0.223 e. The summed E-state index contributed by atoms with van der Waals surface area (Å²) in [5.41, 5.74) is 2.91. The van der Waals surface area contributed by atoms with Crippen LogP contribution in [-0.2, 0) is 9.84 Å². The zero-order valence-electron chi connectivity index (χ0n) is 17.9. The number of thiazole rings is 1. The van der Waals surface area contributed by atoms with E-state index in [0.29, 0.717) is 35.2 Å². The summed E-state index contributed by atoms with van der Waals surface area (Å²) in [4.78, 5) is 14.8. The normalized spacial score (nSPS) is 11.7. The summed E-state index contributed by atoms with van der Waals surface area (Å²) in [5, 5.41) is 5.05. The molecule has 3 aromatic heterocycles. The van der Waals surface area contributed by atoms with Crippen LogP contribution in [0.2, 0.25) is 0 Å². The van der Waals surface area contributed by atoms with Gasteiger partial charge in [0.2, 0.25) is 5.95 Å². The molecule has 10 heteroatoms. The second-order valence-corrected chi connectivity index (χ2v) is 10.5. The van der Waals surface area contributed by atoms with Gasteiger partial charge in [-0.2, -0.15) is 0 Å². The zero-order valence-corrected chi connectivity index (χ0v) is 19.6.